The fraction of sp³-hybridized carbons (Fsp3) is 0.364. The maximum Gasteiger partial charge on any atom is 0.227 e. The first-order valence-corrected chi connectivity index (χ1v) is 9.66. The average molecular weight is 402 g/mol. The molecule has 7 heteroatoms. The van der Waals surface area contributed by atoms with Gasteiger partial charge in [-0.25, -0.2) is 8.78 Å². The zero-order chi connectivity index (χ0) is 21.0. The van der Waals surface area contributed by atoms with Crippen molar-refractivity contribution in [3.05, 3.63) is 59.7 Å². The number of carbonyl (C=O) groups is 2. The molecule has 29 heavy (non-hydrogen) atoms. The molecule has 0 saturated carbocycles. The molecule has 2 unspecified atom stereocenters. The summed E-state index contributed by atoms with van der Waals surface area (Å²) in [7, 11) is 0. The largest absolute Gasteiger partial charge is 0.492 e. The topological polar surface area (TPSA) is 58.6 Å². The van der Waals surface area contributed by atoms with E-state index in [0.717, 1.165) is 0 Å². The fourth-order valence-electron chi connectivity index (χ4n) is 3.52. The standard InChI is InChI=1S/C22H24F2N2O3/c1-3-29-20-10-5-4-9-19(20)26-13-15(12-21(26)27)22(28)25-14(2)11-16-17(23)7-6-8-18(16)24/h4-10,14-15H,3,11-13H2,1-2H3,(H,25,28). The first kappa shape index (κ1) is 20.8. The van der Waals surface area contributed by atoms with Crippen molar-refractivity contribution < 1.29 is 23.1 Å². The number of para-hydroxylation sites is 2. The molecule has 0 spiro atoms. The second kappa shape index (κ2) is 9.03. The van der Waals surface area contributed by atoms with Gasteiger partial charge in [0.25, 0.3) is 0 Å². The van der Waals surface area contributed by atoms with Gasteiger partial charge in [-0.15, -0.1) is 0 Å². The predicted octanol–water partition coefficient (Wildman–Crippen LogP) is 3.46. The predicted molar refractivity (Wildman–Crippen MR) is 106 cm³/mol. The number of amides is 2. The van der Waals surface area contributed by atoms with E-state index in [1.807, 2.05) is 19.1 Å². The van der Waals surface area contributed by atoms with Crippen molar-refractivity contribution >= 4 is 17.5 Å². The smallest absolute Gasteiger partial charge is 0.227 e. The lowest BCUT2D eigenvalue weighted by atomic mass is 10.0. The van der Waals surface area contributed by atoms with Crippen LogP contribution in [-0.4, -0.2) is 31.0 Å². The lowest BCUT2D eigenvalue weighted by Gasteiger charge is -2.21. The van der Waals surface area contributed by atoms with Crippen molar-refractivity contribution in [2.24, 2.45) is 5.92 Å². The van der Waals surface area contributed by atoms with Crippen molar-refractivity contribution in [2.75, 3.05) is 18.1 Å². The van der Waals surface area contributed by atoms with Crippen LogP contribution >= 0.6 is 0 Å². The summed E-state index contributed by atoms with van der Waals surface area (Å²) < 4.78 is 33.2. The molecule has 0 aromatic heterocycles. The Bertz CT molecular complexity index is 883. The Morgan fingerprint density at radius 1 is 1.21 bits per heavy atom. The lowest BCUT2D eigenvalue weighted by Crippen LogP contribution is -2.39. The third kappa shape index (κ3) is 4.72. The maximum atomic E-state index is 13.8. The van der Waals surface area contributed by atoms with Gasteiger partial charge in [-0.2, -0.15) is 0 Å². The minimum atomic E-state index is -0.638. The number of nitrogens with one attached hydrogen (secondary N) is 1. The van der Waals surface area contributed by atoms with Gasteiger partial charge in [0.1, 0.15) is 17.4 Å². The van der Waals surface area contributed by atoms with Crippen LogP contribution in [0, 0.1) is 17.6 Å². The highest BCUT2D eigenvalue weighted by Crippen LogP contribution is 2.33. The van der Waals surface area contributed by atoms with Crippen molar-refractivity contribution in [3.63, 3.8) is 0 Å². The fourth-order valence-corrected chi connectivity index (χ4v) is 3.52. The summed E-state index contributed by atoms with van der Waals surface area (Å²) in [4.78, 5) is 26.7. The van der Waals surface area contributed by atoms with Crippen LogP contribution in [0.15, 0.2) is 42.5 Å². The van der Waals surface area contributed by atoms with Gasteiger partial charge in [0.2, 0.25) is 11.8 Å². The van der Waals surface area contributed by atoms with E-state index >= 15 is 0 Å². The summed E-state index contributed by atoms with van der Waals surface area (Å²) in [5.74, 6) is -1.69. The van der Waals surface area contributed by atoms with E-state index in [1.165, 1.54) is 18.2 Å². The van der Waals surface area contributed by atoms with Gasteiger partial charge in [-0.3, -0.25) is 9.59 Å². The molecule has 1 fully saturated rings. The lowest BCUT2D eigenvalue weighted by molar-refractivity contribution is -0.126. The van der Waals surface area contributed by atoms with Crippen molar-refractivity contribution in [2.45, 2.75) is 32.7 Å². The Labute approximate surface area is 168 Å². The molecule has 2 aromatic rings. The van der Waals surface area contributed by atoms with E-state index in [2.05, 4.69) is 5.32 Å². The number of rotatable bonds is 7. The number of nitrogens with zero attached hydrogens (tertiary/aromatic N) is 1. The molecular formula is C22H24F2N2O3. The first-order valence-electron chi connectivity index (χ1n) is 9.66. The van der Waals surface area contributed by atoms with E-state index in [4.69, 9.17) is 4.74 Å². The molecule has 1 aliphatic heterocycles. The average Bonchev–Trinajstić information content (AvgIpc) is 3.07. The molecule has 1 saturated heterocycles. The van der Waals surface area contributed by atoms with Crippen LogP contribution in [0.3, 0.4) is 0 Å². The van der Waals surface area contributed by atoms with Gasteiger partial charge in [0.15, 0.2) is 0 Å². The SMILES string of the molecule is CCOc1ccccc1N1CC(C(=O)NC(C)Cc2c(F)cccc2F)CC1=O. The van der Waals surface area contributed by atoms with Gasteiger partial charge in [0, 0.05) is 24.6 Å². The number of carbonyl (C=O) groups excluding carboxylic acids is 2. The van der Waals surface area contributed by atoms with E-state index in [0.29, 0.717) is 18.0 Å². The van der Waals surface area contributed by atoms with Crippen LogP contribution < -0.4 is 15.0 Å². The molecule has 154 valence electrons. The number of benzene rings is 2. The summed E-state index contributed by atoms with van der Waals surface area (Å²) >= 11 is 0. The third-order valence-electron chi connectivity index (χ3n) is 4.91. The van der Waals surface area contributed by atoms with E-state index in [1.54, 1.807) is 24.0 Å². The number of halogens is 2. The van der Waals surface area contributed by atoms with E-state index in [9.17, 15) is 18.4 Å². The van der Waals surface area contributed by atoms with Gasteiger partial charge in [0.05, 0.1) is 18.2 Å². The summed E-state index contributed by atoms with van der Waals surface area (Å²) in [6.45, 7) is 4.24. The van der Waals surface area contributed by atoms with Gasteiger partial charge in [-0.05, 0) is 44.5 Å². The summed E-state index contributed by atoms with van der Waals surface area (Å²) in [5.41, 5.74) is 0.575. The van der Waals surface area contributed by atoms with Crippen molar-refractivity contribution in [1.29, 1.82) is 0 Å². The van der Waals surface area contributed by atoms with Crippen LogP contribution in [0.1, 0.15) is 25.8 Å². The second-order valence-corrected chi connectivity index (χ2v) is 7.12. The molecule has 1 heterocycles. The normalized spacial score (nSPS) is 17.3. The zero-order valence-corrected chi connectivity index (χ0v) is 16.5. The molecule has 5 nitrogen and oxygen atoms in total. The molecular weight excluding hydrogens is 378 g/mol. The summed E-state index contributed by atoms with van der Waals surface area (Å²) in [6, 6.07) is 10.4. The molecule has 1 N–H and O–H groups in total. The second-order valence-electron chi connectivity index (χ2n) is 7.12. The van der Waals surface area contributed by atoms with Crippen LogP contribution in [0.2, 0.25) is 0 Å². The molecule has 0 radical (unpaired) electrons. The third-order valence-corrected chi connectivity index (χ3v) is 4.91. The quantitative estimate of drug-likeness (QED) is 0.772. The van der Waals surface area contributed by atoms with Gasteiger partial charge >= 0.3 is 0 Å². The van der Waals surface area contributed by atoms with Crippen LogP contribution in [0.25, 0.3) is 0 Å². The summed E-state index contributed by atoms with van der Waals surface area (Å²) in [6.07, 6.45) is 0.106. The molecule has 0 aliphatic carbocycles. The van der Waals surface area contributed by atoms with Crippen molar-refractivity contribution in [3.8, 4) is 5.75 Å². The number of hydrogen-bond donors (Lipinski definition) is 1. The van der Waals surface area contributed by atoms with Crippen molar-refractivity contribution in [1.82, 2.24) is 5.32 Å². The molecule has 0 bridgehead atoms. The van der Waals surface area contributed by atoms with Gasteiger partial charge in [-0.1, -0.05) is 18.2 Å². The molecule has 3 rings (SSSR count). The van der Waals surface area contributed by atoms with Crippen LogP contribution in [-0.2, 0) is 16.0 Å². The molecule has 2 amide bonds. The van der Waals surface area contributed by atoms with Gasteiger partial charge < -0.3 is 15.0 Å². The summed E-state index contributed by atoms with van der Waals surface area (Å²) in [5, 5.41) is 2.77. The van der Waals surface area contributed by atoms with E-state index in [-0.39, 0.29) is 36.8 Å². The Balaban J connectivity index is 1.65. The Morgan fingerprint density at radius 2 is 1.90 bits per heavy atom. The Hall–Kier alpha value is -2.96. The van der Waals surface area contributed by atoms with E-state index < -0.39 is 23.6 Å². The Morgan fingerprint density at radius 3 is 2.59 bits per heavy atom. The minimum Gasteiger partial charge on any atom is -0.492 e. The number of ether oxygens (including phenoxy) is 1. The number of anilines is 1. The minimum absolute atomic E-state index is 0.0296. The highest BCUT2D eigenvalue weighted by atomic mass is 19.1. The zero-order valence-electron chi connectivity index (χ0n) is 16.5. The highest BCUT2D eigenvalue weighted by Gasteiger charge is 2.36. The molecule has 2 atom stereocenters. The molecule has 1 aliphatic rings. The first-order chi connectivity index (χ1) is 13.9. The monoisotopic (exact) mass is 402 g/mol. The van der Waals surface area contributed by atoms with Crippen LogP contribution in [0.5, 0.6) is 5.75 Å². The highest BCUT2D eigenvalue weighted by molar-refractivity contribution is 6.01. The maximum absolute atomic E-state index is 13.8. The Kier molecular flexibility index (Phi) is 6.46. The van der Waals surface area contributed by atoms with Crippen LogP contribution in [0.4, 0.5) is 14.5 Å². The number of hydrogen-bond acceptors (Lipinski definition) is 3. The molecule has 2 aromatic carbocycles.